The third-order valence-corrected chi connectivity index (χ3v) is 7.76. The van der Waals surface area contributed by atoms with Crippen molar-refractivity contribution >= 4 is 35.0 Å². The molecule has 0 bridgehead atoms. The van der Waals surface area contributed by atoms with Gasteiger partial charge in [-0.15, -0.1) is 21.5 Å². The fourth-order valence-corrected chi connectivity index (χ4v) is 5.71. The molecule has 1 amide bonds. The summed E-state index contributed by atoms with van der Waals surface area (Å²) in [5.74, 6) is 1.08. The minimum atomic E-state index is -0.163. The standard InChI is InChI=1S/C26H27N5OS2/c1-19-11-13-21(14-12-19)31-25(30-15-5-6-16-30)28-29-26(31)34-18-23(32)27-24(22-10-7-17-33-22)20-8-3-2-4-9-20/h2-4,7-14,17,24H,5-6,15-16,18H2,1H3,(H,27,32)/t24-/m1/s1. The molecule has 0 unspecified atom stereocenters. The second-order valence-corrected chi connectivity index (χ2v) is 10.3. The van der Waals surface area contributed by atoms with Crippen LogP contribution in [0.15, 0.2) is 77.3 Å². The van der Waals surface area contributed by atoms with Gasteiger partial charge in [0.05, 0.1) is 17.5 Å². The first-order valence-corrected chi connectivity index (χ1v) is 13.3. The first-order chi connectivity index (χ1) is 16.7. The molecule has 2 aromatic heterocycles. The van der Waals surface area contributed by atoms with E-state index in [1.165, 1.54) is 17.3 Å². The van der Waals surface area contributed by atoms with Gasteiger partial charge in [-0.25, -0.2) is 0 Å². The number of thioether (sulfide) groups is 1. The Hall–Kier alpha value is -3.10. The zero-order valence-electron chi connectivity index (χ0n) is 19.1. The van der Waals surface area contributed by atoms with E-state index in [1.54, 1.807) is 11.3 Å². The van der Waals surface area contributed by atoms with Crippen molar-refractivity contribution < 1.29 is 4.79 Å². The molecule has 6 nitrogen and oxygen atoms in total. The summed E-state index contributed by atoms with van der Waals surface area (Å²) in [6.45, 7) is 4.04. The van der Waals surface area contributed by atoms with Gasteiger partial charge in [-0.2, -0.15) is 0 Å². The molecule has 1 N–H and O–H groups in total. The van der Waals surface area contributed by atoms with Gasteiger partial charge in [-0.3, -0.25) is 9.36 Å². The van der Waals surface area contributed by atoms with E-state index in [2.05, 4.69) is 62.2 Å². The zero-order chi connectivity index (χ0) is 23.3. The number of carbonyl (C=O) groups excluding carboxylic acids is 1. The minimum absolute atomic E-state index is 0.0339. The lowest BCUT2D eigenvalue weighted by Gasteiger charge is -2.19. The highest BCUT2D eigenvalue weighted by molar-refractivity contribution is 7.99. The Bertz CT molecular complexity index is 1220. The van der Waals surface area contributed by atoms with Crippen molar-refractivity contribution in [3.05, 3.63) is 88.1 Å². The highest BCUT2D eigenvalue weighted by Gasteiger charge is 2.24. The molecule has 34 heavy (non-hydrogen) atoms. The van der Waals surface area contributed by atoms with Crippen LogP contribution in [0.2, 0.25) is 0 Å². The van der Waals surface area contributed by atoms with Gasteiger partial charge in [0.15, 0.2) is 5.16 Å². The number of thiophene rings is 1. The molecule has 1 aliphatic rings. The molecule has 1 fully saturated rings. The number of carbonyl (C=O) groups is 1. The van der Waals surface area contributed by atoms with Crippen molar-refractivity contribution in [2.24, 2.45) is 0 Å². The fraction of sp³-hybridized carbons (Fsp3) is 0.269. The highest BCUT2D eigenvalue weighted by Crippen LogP contribution is 2.30. The molecule has 4 aromatic rings. The van der Waals surface area contributed by atoms with E-state index in [-0.39, 0.29) is 17.7 Å². The van der Waals surface area contributed by atoms with Crippen LogP contribution in [0.25, 0.3) is 5.69 Å². The van der Waals surface area contributed by atoms with Crippen molar-refractivity contribution in [1.82, 2.24) is 20.1 Å². The molecule has 0 radical (unpaired) electrons. The van der Waals surface area contributed by atoms with Crippen LogP contribution >= 0.6 is 23.1 Å². The van der Waals surface area contributed by atoms with Gasteiger partial charge in [0.2, 0.25) is 11.9 Å². The summed E-state index contributed by atoms with van der Waals surface area (Å²) in [5, 5.41) is 15.0. The number of aryl methyl sites for hydroxylation is 1. The van der Waals surface area contributed by atoms with Crippen LogP contribution in [-0.4, -0.2) is 39.5 Å². The average molecular weight is 490 g/mol. The topological polar surface area (TPSA) is 63.1 Å². The molecule has 1 saturated heterocycles. The summed E-state index contributed by atoms with van der Waals surface area (Å²) >= 11 is 3.07. The van der Waals surface area contributed by atoms with Crippen molar-refractivity contribution in [2.45, 2.75) is 31.0 Å². The summed E-state index contributed by atoms with van der Waals surface area (Å²) in [5.41, 5.74) is 3.29. The molecule has 0 spiro atoms. The zero-order valence-corrected chi connectivity index (χ0v) is 20.7. The van der Waals surface area contributed by atoms with Crippen LogP contribution in [0.5, 0.6) is 0 Å². The van der Waals surface area contributed by atoms with Crippen molar-refractivity contribution in [2.75, 3.05) is 23.7 Å². The molecule has 0 aliphatic carbocycles. The summed E-state index contributed by atoms with van der Waals surface area (Å²) in [6, 6.07) is 22.4. The van der Waals surface area contributed by atoms with E-state index in [0.29, 0.717) is 0 Å². The summed E-state index contributed by atoms with van der Waals surface area (Å²) in [4.78, 5) is 16.4. The van der Waals surface area contributed by atoms with Crippen LogP contribution < -0.4 is 10.2 Å². The van der Waals surface area contributed by atoms with E-state index in [9.17, 15) is 4.79 Å². The summed E-state index contributed by atoms with van der Waals surface area (Å²) in [7, 11) is 0. The smallest absolute Gasteiger partial charge is 0.232 e. The third kappa shape index (κ3) is 5.03. The third-order valence-electron chi connectivity index (χ3n) is 5.90. The normalized spacial score (nSPS) is 14.3. The maximum Gasteiger partial charge on any atom is 0.232 e. The van der Waals surface area contributed by atoms with Crippen molar-refractivity contribution in [3.63, 3.8) is 0 Å². The number of hydrogen-bond acceptors (Lipinski definition) is 6. The lowest BCUT2D eigenvalue weighted by Crippen LogP contribution is -2.30. The van der Waals surface area contributed by atoms with E-state index >= 15 is 0 Å². The molecular weight excluding hydrogens is 462 g/mol. The highest BCUT2D eigenvalue weighted by atomic mass is 32.2. The number of nitrogens with one attached hydrogen (secondary N) is 1. The van der Waals surface area contributed by atoms with Crippen molar-refractivity contribution in [1.29, 1.82) is 0 Å². The first kappa shape index (κ1) is 22.7. The second-order valence-electron chi connectivity index (χ2n) is 8.36. The van der Waals surface area contributed by atoms with Gasteiger partial charge in [-0.05, 0) is 48.9 Å². The number of hydrogen-bond donors (Lipinski definition) is 1. The predicted octanol–water partition coefficient (Wildman–Crippen LogP) is 5.24. The Morgan fingerprint density at radius 1 is 1.03 bits per heavy atom. The Labute approximate surface area is 208 Å². The Balaban J connectivity index is 1.35. The summed E-state index contributed by atoms with van der Waals surface area (Å²) < 4.78 is 2.08. The maximum absolute atomic E-state index is 13.1. The van der Waals surface area contributed by atoms with Gasteiger partial charge in [0.25, 0.3) is 0 Å². The van der Waals surface area contributed by atoms with Crippen LogP contribution in [0.3, 0.4) is 0 Å². The molecule has 3 heterocycles. The molecule has 8 heteroatoms. The number of anilines is 1. The van der Waals surface area contributed by atoms with E-state index in [1.807, 2.05) is 41.8 Å². The molecular formula is C26H27N5OS2. The number of aromatic nitrogens is 3. The number of nitrogens with zero attached hydrogens (tertiary/aromatic N) is 4. The molecule has 2 aromatic carbocycles. The second kappa shape index (κ2) is 10.4. The van der Waals surface area contributed by atoms with E-state index in [0.717, 1.165) is 53.2 Å². The Kier molecular flexibility index (Phi) is 6.97. The van der Waals surface area contributed by atoms with Crippen LogP contribution in [0.1, 0.15) is 34.9 Å². The molecule has 0 saturated carbocycles. The predicted molar refractivity (Wildman–Crippen MR) is 139 cm³/mol. The average Bonchev–Trinajstić information content (AvgIpc) is 3.64. The Morgan fingerprint density at radius 3 is 2.50 bits per heavy atom. The quantitative estimate of drug-likeness (QED) is 0.343. The molecule has 5 rings (SSSR count). The molecule has 174 valence electrons. The number of benzene rings is 2. The Morgan fingerprint density at radius 2 is 1.79 bits per heavy atom. The monoisotopic (exact) mass is 489 g/mol. The van der Waals surface area contributed by atoms with Gasteiger partial charge >= 0.3 is 0 Å². The number of rotatable bonds is 8. The van der Waals surface area contributed by atoms with Gasteiger partial charge in [0, 0.05) is 18.0 Å². The lowest BCUT2D eigenvalue weighted by atomic mass is 10.1. The van der Waals surface area contributed by atoms with Gasteiger partial charge in [0.1, 0.15) is 0 Å². The van der Waals surface area contributed by atoms with Gasteiger partial charge < -0.3 is 10.2 Å². The van der Waals surface area contributed by atoms with E-state index < -0.39 is 0 Å². The van der Waals surface area contributed by atoms with Crippen LogP contribution in [0.4, 0.5) is 5.95 Å². The number of amides is 1. The van der Waals surface area contributed by atoms with Crippen LogP contribution in [-0.2, 0) is 4.79 Å². The van der Waals surface area contributed by atoms with Crippen molar-refractivity contribution in [3.8, 4) is 5.69 Å². The van der Waals surface area contributed by atoms with Gasteiger partial charge in [-0.1, -0.05) is 65.9 Å². The largest absolute Gasteiger partial charge is 0.344 e. The first-order valence-electron chi connectivity index (χ1n) is 11.5. The lowest BCUT2D eigenvalue weighted by molar-refractivity contribution is -0.119. The fourth-order valence-electron chi connectivity index (χ4n) is 4.15. The molecule has 1 aliphatic heterocycles. The molecule has 1 atom stereocenters. The minimum Gasteiger partial charge on any atom is -0.344 e. The maximum atomic E-state index is 13.1. The van der Waals surface area contributed by atoms with Crippen LogP contribution in [0, 0.1) is 6.92 Å². The van der Waals surface area contributed by atoms with E-state index in [4.69, 9.17) is 0 Å². The summed E-state index contributed by atoms with van der Waals surface area (Å²) in [6.07, 6.45) is 2.32. The SMILES string of the molecule is Cc1ccc(-n2c(SCC(=O)N[C@H](c3ccccc3)c3cccs3)nnc2N2CCCC2)cc1.